The maximum atomic E-state index is 12.9. The quantitative estimate of drug-likeness (QED) is 0.640. The van der Waals surface area contributed by atoms with Crippen LogP contribution in [-0.4, -0.2) is 19.1 Å². The van der Waals surface area contributed by atoms with Crippen LogP contribution in [0, 0.1) is 5.82 Å². The van der Waals surface area contributed by atoms with Crippen molar-refractivity contribution in [3.63, 3.8) is 0 Å². The number of alkyl halides is 3. The molecule has 0 unspecified atom stereocenters. The molecule has 0 heterocycles. The number of benzene rings is 1. The fraction of sp³-hybridized carbons (Fsp3) is 0.400. The minimum absolute atomic E-state index is 0.147. The van der Waals surface area contributed by atoms with Crippen LogP contribution < -0.4 is 5.43 Å². The third-order valence-corrected chi connectivity index (χ3v) is 1.88. The first-order valence-corrected chi connectivity index (χ1v) is 4.56. The summed E-state index contributed by atoms with van der Waals surface area (Å²) in [6, 6.07) is 2.49. The molecule has 2 nitrogen and oxygen atoms in total. The maximum absolute atomic E-state index is 12.9. The lowest BCUT2D eigenvalue weighted by Crippen LogP contribution is -2.29. The monoisotopic (exact) mass is 236 g/mol. The Labute approximate surface area is 90.8 Å². The Hall–Kier alpha value is -1.14. The van der Waals surface area contributed by atoms with E-state index in [1.54, 1.807) is 19.1 Å². The predicted octanol–water partition coefficient (Wildman–Crippen LogP) is 2.41. The van der Waals surface area contributed by atoms with Crippen LogP contribution in [0.3, 0.4) is 0 Å². The van der Waals surface area contributed by atoms with Crippen molar-refractivity contribution in [2.24, 2.45) is 0 Å². The topological polar surface area (TPSA) is 15.3 Å². The molecule has 0 aliphatic rings. The number of rotatable bonds is 3. The molecule has 0 radical (unpaired) electrons. The smallest absolute Gasteiger partial charge is 0.251 e. The van der Waals surface area contributed by atoms with Gasteiger partial charge in [-0.3, -0.25) is 10.4 Å². The molecule has 6 heteroatoms. The zero-order valence-corrected chi connectivity index (χ0v) is 8.90. The van der Waals surface area contributed by atoms with Crippen LogP contribution in [0.5, 0.6) is 0 Å². The molecule has 1 aromatic carbocycles. The molecule has 1 rings (SSSR count). The molecule has 0 atom stereocenters. The first-order chi connectivity index (χ1) is 7.29. The summed E-state index contributed by atoms with van der Waals surface area (Å²) >= 11 is 0. The van der Waals surface area contributed by atoms with Crippen molar-refractivity contribution in [3.8, 4) is 0 Å². The number of halogens is 4. The molecule has 0 fully saturated rings. The van der Waals surface area contributed by atoms with E-state index in [9.17, 15) is 17.6 Å². The minimum atomic E-state index is -4.52. The number of hydrazine groups is 1. The molecule has 0 aromatic heterocycles. The molecule has 0 saturated carbocycles. The summed E-state index contributed by atoms with van der Waals surface area (Å²) < 4.78 is 50.0. The number of nitrogens with one attached hydrogen (secondary N) is 1. The summed E-state index contributed by atoms with van der Waals surface area (Å²) in [7, 11) is 3.40. The van der Waals surface area contributed by atoms with Crippen LogP contribution in [0.25, 0.3) is 0 Å². The molecule has 1 aromatic rings. The van der Waals surface area contributed by atoms with Crippen LogP contribution in [0.15, 0.2) is 18.2 Å². The first-order valence-electron chi connectivity index (χ1n) is 4.56. The minimum Gasteiger partial charge on any atom is -0.251 e. The van der Waals surface area contributed by atoms with E-state index in [1.165, 1.54) is 0 Å². The molecule has 0 saturated heterocycles. The van der Waals surface area contributed by atoms with E-state index in [-0.39, 0.29) is 12.1 Å². The lowest BCUT2D eigenvalue weighted by Gasteiger charge is -2.13. The Morgan fingerprint density at radius 2 is 1.81 bits per heavy atom. The molecule has 1 N–H and O–H groups in total. The van der Waals surface area contributed by atoms with Gasteiger partial charge in [-0.1, -0.05) is 0 Å². The van der Waals surface area contributed by atoms with Crippen LogP contribution in [-0.2, 0) is 12.7 Å². The average molecular weight is 236 g/mol. The molecule has 16 heavy (non-hydrogen) atoms. The average Bonchev–Trinajstić information content (AvgIpc) is 2.12. The van der Waals surface area contributed by atoms with Gasteiger partial charge in [0.2, 0.25) is 0 Å². The number of nitrogens with zero attached hydrogens (tertiary/aromatic N) is 1. The zero-order chi connectivity index (χ0) is 12.3. The van der Waals surface area contributed by atoms with E-state index < -0.39 is 17.6 Å². The van der Waals surface area contributed by atoms with Crippen molar-refractivity contribution >= 4 is 0 Å². The molecule has 0 aliphatic carbocycles. The maximum Gasteiger partial charge on any atom is 0.416 e. The SMILES string of the molecule is CN(C)NCc1cc(F)cc(C(F)(F)F)c1. The molecule has 90 valence electrons. The Bertz CT molecular complexity index is 360. The van der Waals surface area contributed by atoms with Crippen molar-refractivity contribution in [2.45, 2.75) is 12.7 Å². The van der Waals surface area contributed by atoms with E-state index in [4.69, 9.17) is 0 Å². The third kappa shape index (κ3) is 3.79. The van der Waals surface area contributed by atoms with Gasteiger partial charge in [0.1, 0.15) is 5.82 Å². The van der Waals surface area contributed by atoms with Crippen molar-refractivity contribution in [2.75, 3.05) is 14.1 Å². The third-order valence-electron chi connectivity index (χ3n) is 1.88. The van der Waals surface area contributed by atoms with Crippen LogP contribution >= 0.6 is 0 Å². The van der Waals surface area contributed by atoms with Gasteiger partial charge in [0, 0.05) is 20.6 Å². The Morgan fingerprint density at radius 3 is 2.31 bits per heavy atom. The Balaban J connectivity index is 2.90. The first kappa shape index (κ1) is 12.9. The number of hydrogen-bond donors (Lipinski definition) is 1. The second-order valence-electron chi connectivity index (χ2n) is 3.58. The van der Waals surface area contributed by atoms with E-state index in [0.29, 0.717) is 6.07 Å². The highest BCUT2D eigenvalue weighted by atomic mass is 19.4. The van der Waals surface area contributed by atoms with E-state index >= 15 is 0 Å². The predicted molar refractivity (Wildman–Crippen MR) is 51.9 cm³/mol. The summed E-state index contributed by atoms with van der Waals surface area (Å²) in [5.74, 6) is -0.884. The van der Waals surface area contributed by atoms with Gasteiger partial charge < -0.3 is 0 Å². The highest BCUT2D eigenvalue weighted by molar-refractivity contribution is 5.26. The van der Waals surface area contributed by atoms with Crippen LogP contribution in [0.2, 0.25) is 0 Å². The summed E-state index contributed by atoms with van der Waals surface area (Å²) in [5, 5.41) is 1.58. The fourth-order valence-corrected chi connectivity index (χ4v) is 1.17. The summed E-state index contributed by atoms with van der Waals surface area (Å²) in [6.45, 7) is 0.147. The molecule has 0 amide bonds. The highest BCUT2D eigenvalue weighted by Crippen LogP contribution is 2.30. The van der Waals surface area contributed by atoms with Gasteiger partial charge in [-0.25, -0.2) is 4.39 Å². The van der Waals surface area contributed by atoms with E-state index in [1.807, 2.05) is 0 Å². The van der Waals surface area contributed by atoms with Crippen molar-refractivity contribution < 1.29 is 17.6 Å². The molecular formula is C10H12F4N2. The van der Waals surface area contributed by atoms with Crippen LogP contribution in [0.4, 0.5) is 17.6 Å². The van der Waals surface area contributed by atoms with Gasteiger partial charge >= 0.3 is 6.18 Å². The van der Waals surface area contributed by atoms with Gasteiger partial charge in [0.05, 0.1) is 5.56 Å². The molecule has 0 spiro atoms. The van der Waals surface area contributed by atoms with Gasteiger partial charge in [0.25, 0.3) is 0 Å². The molecule has 0 bridgehead atoms. The zero-order valence-electron chi connectivity index (χ0n) is 8.90. The summed E-state index contributed by atoms with van der Waals surface area (Å²) in [6.07, 6.45) is -4.52. The standard InChI is InChI=1S/C10H12F4N2/c1-16(2)15-6-7-3-8(10(12,13)14)5-9(11)4-7/h3-5,15H,6H2,1-2H3. The second kappa shape index (κ2) is 4.80. The van der Waals surface area contributed by atoms with E-state index in [0.717, 1.165) is 12.1 Å². The highest BCUT2D eigenvalue weighted by Gasteiger charge is 2.31. The normalized spacial score (nSPS) is 12.2. The summed E-state index contributed by atoms with van der Waals surface area (Å²) in [4.78, 5) is 0. The van der Waals surface area contributed by atoms with Gasteiger partial charge in [-0.05, 0) is 23.8 Å². The Kier molecular flexibility index (Phi) is 3.88. The second-order valence-corrected chi connectivity index (χ2v) is 3.58. The van der Waals surface area contributed by atoms with Gasteiger partial charge in [0.15, 0.2) is 0 Å². The lowest BCUT2D eigenvalue weighted by atomic mass is 10.1. The van der Waals surface area contributed by atoms with Gasteiger partial charge in [-0.15, -0.1) is 0 Å². The van der Waals surface area contributed by atoms with Crippen molar-refractivity contribution in [1.29, 1.82) is 0 Å². The summed E-state index contributed by atoms with van der Waals surface area (Å²) in [5.41, 5.74) is 2.05. The molecule has 0 aliphatic heterocycles. The largest absolute Gasteiger partial charge is 0.416 e. The van der Waals surface area contributed by atoms with Crippen molar-refractivity contribution in [3.05, 3.63) is 35.1 Å². The number of hydrogen-bond acceptors (Lipinski definition) is 2. The fourth-order valence-electron chi connectivity index (χ4n) is 1.17. The van der Waals surface area contributed by atoms with Crippen molar-refractivity contribution in [1.82, 2.24) is 10.4 Å². The lowest BCUT2D eigenvalue weighted by molar-refractivity contribution is -0.137. The molecular weight excluding hydrogens is 224 g/mol. The van der Waals surface area contributed by atoms with Crippen LogP contribution in [0.1, 0.15) is 11.1 Å². The Morgan fingerprint density at radius 1 is 1.19 bits per heavy atom. The van der Waals surface area contributed by atoms with E-state index in [2.05, 4.69) is 5.43 Å². The van der Waals surface area contributed by atoms with Gasteiger partial charge in [-0.2, -0.15) is 13.2 Å².